The van der Waals surface area contributed by atoms with Crippen LogP contribution < -0.4 is 0 Å². The second kappa shape index (κ2) is 5.16. The van der Waals surface area contributed by atoms with Gasteiger partial charge in [0.2, 0.25) is 0 Å². The first kappa shape index (κ1) is 11.8. The summed E-state index contributed by atoms with van der Waals surface area (Å²) in [5.41, 5.74) is 3.15. The topological polar surface area (TPSA) is 47.8 Å². The van der Waals surface area contributed by atoms with Crippen molar-refractivity contribution in [1.82, 2.24) is 14.8 Å². The lowest BCUT2D eigenvalue weighted by molar-refractivity contribution is 0.0988. The van der Waals surface area contributed by atoms with Crippen molar-refractivity contribution >= 4 is 17.1 Å². The van der Waals surface area contributed by atoms with Gasteiger partial charge < -0.3 is 0 Å². The van der Waals surface area contributed by atoms with Gasteiger partial charge in [-0.3, -0.25) is 9.78 Å². The van der Waals surface area contributed by atoms with Crippen LogP contribution in [0.4, 0.5) is 0 Å². The van der Waals surface area contributed by atoms with Crippen LogP contribution in [0.15, 0.2) is 54.3 Å². The molecule has 5 heteroatoms. The van der Waals surface area contributed by atoms with E-state index in [0.717, 1.165) is 10.6 Å². The first-order valence-corrected chi connectivity index (χ1v) is 6.72. The first-order chi connectivity index (χ1) is 9.33. The van der Waals surface area contributed by atoms with Gasteiger partial charge in [0.25, 0.3) is 0 Å². The molecule has 0 aliphatic carbocycles. The molecule has 0 atom stereocenters. The Labute approximate surface area is 114 Å². The minimum atomic E-state index is 0.0129. The highest BCUT2D eigenvalue weighted by Crippen LogP contribution is 2.11. The van der Waals surface area contributed by atoms with E-state index in [2.05, 4.69) is 10.1 Å². The van der Waals surface area contributed by atoms with E-state index in [0.29, 0.717) is 12.1 Å². The van der Waals surface area contributed by atoms with Crippen LogP contribution in [0, 0.1) is 0 Å². The maximum absolute atomic E-state index is 12.1. The summed E-state index contributed by atoms with van der Waals surface area (Å²) in [6.07, 6.45) is 3.88. The van der Waals surface area contributed by atoms with E-state index >= 15 is 0 Å². The van der Waals surface area contributed by atoms with E-state index in [4.69, 9.17) is 0 Å². The molecule has 3 aromatic rings. The predicted octanol–water partition coefficient (Wildman–Crippen LogP) is 2.75. The monoisotopic (exact) mass is 269 g/mol. The molecule has 0 unspecified atom stereocenters. The number of ketones is 1. The number of carbonyl (C=O) groups is 1. The molecule has 0 fully saturated rings. The van der Waals surface area contributed by atoms with Gasteiger partial charge in [-0.2, -0.15) is 5.10 Å². The number of hydrogen-bond acceptors (Lipinski definition) is 4. The van der Waals surface area contributed by atoms with Crippen LogP contribution in [-0.2, 0) is 6.42 Å². The number of aromatic nitrogens is 3. The summed E-state index contributed by atoms with van der Waals surface area (Å²) in [5, 5.41) is 4.31. The molecule has 0 bridgehead atoms. The summed E-state index contributed by atoms with van der Waals surface area (Å²) < 4.78 is 1.71. The summed E-state index contributed by atoms with van der Waals surface area (Å²) in [7, 11) is 0. The number of carbonyl (C=O) groups excluding carboxylic acids is 1. The second-order valence-corrected chi connectivity index (χ2v) is 5.02. The van der Waals surface area contributed by atoms with E-state index in [9.17, 15) is 4.79 Å². The zero-order chi connectivity index (χ0) is 13.1. The van der Waals surface area contributed by atoms with Crippen molar-refractivity contribution in [3.05, 3.63) is 64.9 Å². The molecule has 0 N–H and O–H groups in total. The molecule has 0 amide bonds. The van der Waals surface area contributed by atoms with Crippen molar-refractivity contribution in [2.45, 2.75) is 6.42 Å². The van der Waals surface area contributed by atoms with E-state index in [1.54, 1.807) is 28.7 Å². The third-order valence-electron chi connectivity index (χ3n) is 2.71. The van der Waals surface area contributed by atoms with Crippen molar-refractivity contribution < 1.29 is 4.79 Å². The lowest BCUT2D eigenvalue weighted by atomic mass is 10.2. The van der Waals surface area contributed by atoms with Crippen LogP contribution in [0.25, 0.3) is 5.69 Å². The number of Topliss-reactive ketones (excluding diaryl/α,β-unsaturated/α-hetero) is 1. The van der Waals surface area contributed by atoms with Crippen LogP contribution in [0.3, 0.4) is 0 Å². The summed E-state index contributed by atoms with van der Waals surface area (Å²) in [6, 6.07) is 11.5. The summed E-state index contributed by atoms with van der Waals surface area (Å²) in [6.45, 7) is 0. The Bertz CT molecular complexity index is 674. The van der Waals surface area contributed by atoms with Gasteiger partial charge in [0.1, 0.15) is 5.69 Å². The largest absolute Gasteiger partial charge is 0.292 e. The van der Waals surface area contributed by atoms with Crippen molar-refractivity contribution in [1.29, 1.82) is 0 Å². The average molecular weight is 269 g/mol. The highest BCUT2D eigenvalue weighted by Gasteiger charge is 2.11. The maximum Gasteiger partial charge on any atom is 0.188 e. The van der Waals surface area contributed by atoms with Crippen LogP contribution in [0.2, 0.25) is 0 Å². The zero-order valence-corrected chi connectivity index (χ0v) is 10.9. The number of nitrogens with zero attached hydrogens (tertiary/aromatic N) is 3. The fraction of sp³-hybridized carbons (Fsp3) is 0.0714. The fourth-order valence-electron chi connectivity index (χ4n) is 1.78. The number of rotatable bonds is 4. The maximum atomic E-state index is 12.1. The quantitative estimate of drug-likeness (QED) is 0.684. The summed E-state index contributed by atoms with van der Waals surface area (Å²) in [4.78, 5) is 17.0. The van der Waals surface area contributed by atoms with Gasteiger partial charge in [0, 0.05) is 23.7 Å². The molecule has 0 radical (unpaired) electrons. The van der Waals surface area contributed by atoms with Gasteiger partial charge in [-0.05, 0) is 18.2 Å². The lowest BCUT2D eigenvalue weighted by Gasteiger charge is -1.99. The van der Waals surface area contributed by atoms with Crippen LogP contribution in [-0.4, -0.2) is 20.5 Å². The Balaban J connectivity index is 1.80. The van der Waals surface area contributed by atoms with Crippen molar-refractivity contribution in [3.8, 4) is 5.69 Å². The van der Waals surface area contributed by atoms with Gasteiger partial charge in [-0.1, -0.05) is 18.2 Å². The molecule has 1 aromatic carbocycles. The molecule has 3 rings (SSSR count). The van der Waals surface area contributed by atoms with Crippen molar-refractivity contribution in [2.24, 2.45) is 0 Å². The molecule has 19 heavy (non-hydrogen) atoms. The SMILES string of the molecule is O=C(Cc1cncs1)c1ccn(-c2ccccc2)n1. The number of benzene rings is 1. The van der Waals surface area contributed by atoms with Gasteiger partial charge in [-0.25, -0.2) is 4.68 Å². The molecule has 4 nitrogen and oxygen atoms in total. The van der Waals surface area contributed by atoms with Crippen LogP contribution in [0.5, 0.6) is 0 Å². The molecule has 0 spiro atoms. The molecular formula is C14H11N3OS. The Morgan fingerprint density at radius 1 is 1.21 bits per heavy atom. The van der Waals surface area contributed by atoms with Crippen molar-refractivity contribution in [3.63, 3.8) is 0 Å². The van der Waals surface area contributed by atoms with E-state index in [1.165, 1.54) is 11.3 Å². The Hall–Kier alpha value is -2.27. The number of para-hydroxylation sites is 1. The summed E-state index contributed by atoms with van der Waals surface area (Å²) in [5.74, 6) is 0.0129. The lowest BCUT2D eigenvalue weighted by Crippen LogP contribution is -2.04. The number of hydrogen-bond donors (Lipinski definition) is 0. The smallest absolute Gasteiger partial charge is 0.188 e. The van der Waals surface area contributed by atoms with Gasteiger partial charge in [0.05, 0.1) is 11.2 Å². The molecular weight excluding hydrogens is 258 g/mol. The van der Waals surface area contributed by atoms with Gasteiger partial charge in [-0.15, -0.1) is 11.3 Å². The van der Waals surface area contributed by atoms with Gasteiger partial charge in [0.15, 0.2) is 5.78 Å². The predicted molar refractivity (Wildman–Crippen MR) is 73.7 cm³/mol. The second-order valence-electron chi connectivity index (χ2n) is 4.05. The summed E-state index contributed by atoms with van der Waals surface area (Å²) >= 11 is 1.48. The first-order valence-electron chi connectivity index (χ1n) is 5.84. The third kappa shape index (κ3) is 2.61. The highest BCUT2D eigenvalue weighted by molar-refractivity contribution is 7.09. The normalized spacial score (nSPS) is 10.5. The molecule has 2 aromatic heterocycles. The molecule has 2 heterocycles. The minimum Gasteiger partial charge on any atom is -0.292 e. The van der Waals surface area contributed by atoms with Crippen LogP contribution in [0.1, 0.15) is 15.4 Å². The molecule has 0 saturated carbocycles. The fourth-order valence-corrected chi connectivity index (χ4v) is 2.37. The van der Waals surface area contributed by atoms with E-state index in [1.807, 2.05) is 30.3 Å². The average Bonchev–Trinajstić information content (AvgIpc) is 3.10. The molecule has 0 saturated heterocycles. The van der Waals surface area contributed by atoms with E-state index in [-0.39, 0.29) is 5.78 Å². The molecule has 0 aliphatic heterocycles. The third-order valence-corrected chi connectivity index (χ3v) is 3.49. The van der Waals surface area contributed by atoms with Crippen molar-refractivity contribution in [2.75, 3.05) is 0 Å². The molecule has 0 aliphatic rings. The number of thiazole rings is 1. The molecule has 94 valence electrons. The minimum absolute atomic E-state index is 0.0129. The Kier molecular flexibility index (Phi) is 3.20. The Morgan fingerprint density at radius 3 is 2.79 bits per heavy atom. The Morgan fingerprint density at radius 2 is 2.05 bits per heavy atom. The zero-order valence-electron chi connectivity index (χ0n) is 10.1. The standard InChI is InChI=1S/C14H11N3OS/c18-14(8-12-9-15-10-19-12)13-6-7-17(16-13)11-4-2-1-3-5-11/h1-7,9-10H,8H2. The van der Waals surface area contributed by atoms with E-state index < -0.39 is 0 Å². The highest BCUT2D eigenvalue weighted by atomic mass is 32.1. The van der Waals surface area contributed by atoms with Gasteiger partial charge >= 0.3 is 0 Å². The van der Waals surface area contributed by atoms with Crippen LogP contribution >= 0.6 is 11.3 Å².